The average molecular weight is 256 g/mol. The number of ether oxygens (including phenoxy) is 1. The Balaban J connectivity index is 2.37. The van der Waals surface area contributed by atoms with Gasteiger partial charge in [-0.1, -0.05) is 6.92 Å². The van der Waals surface area contributed by atoms with Crippen LogP contribution in [0.1, 0.15) is 26.2 Å². The van der Waals surface area contributed by atoms with Crippen molar-refractivity contribution in [1.82, 2.24) is 10.2 Å². The van der Waals surface area contributed by atoms with Crippen LogP contribution in [0.15, 0.2) is 0 Å². The van der Waals surface area contributed by atoms with E-state index in [4.69, 9.17) is 0 Å². The Morgan fingerprint density at radius 1 is 1.50 bits per heavy atom. The second-order valence-electron chi connectivity index (χ2n) is 5.00. The molecule has 0 aromatic rings. The molecule has 1 fully saturated rings. The summed E-state index contributed by atoms with van der Waals surface area (Å²) in [5.74, 6) is -0.840. The summed E-state index contributed by atoms with van der Waals surface area (Å²) in [5.41, 5.74) is 0. The minimum Gasteiger partial charge on any atom is -0.468 e. The fraction of sp³-hybridized carbons (Fsp3) is 0.846. The lowest BCUT2D eigenvalue weighted by molar-refractivity contribution is -0.150. The lowest BCUT2D eigenvalue weighted by Gasteiger charge is -2.30. The highest BCUT2D eigenvalue weighted by Gasteiger charge is 2.26. The molecule has 1 amide bonds. The molecule has 0 radical (unpaired) electrons. The Morgan fingerprint density at radius 2 is 2.22 bits per heavy atom. The van der Waals surface area contributed by atoms with Crippen molar-refractivity contribution < 1.29 is 14.3 Å². The number of likely N-dealkylation sites (tertiary alicyclic amines) is 1. The lowest BCUT2D eigenvalue weighted by Crippen LogP contribution is -2.42. The molecule has 1 saturated heterocycles. The highest BCUT2D eigenvalue weighted by Crippen LogP contribution is 2.14. The van der Waals surface area contributed by atoms with E-state index < -0.39 is 11.9 Å². The zero-order valence-corrected chi connectivity index (χ0v) is 11.6. The number of carbonyl (C=O) groups is 2. The molecule has 1 heterocycles. The van der Waals surface area contributed by atoms with Crippen molar-refractivity contribution in [3.05, 3.63) is 0 Å². The Morgan fingerprint density at radius 3 is 2.78 bits per heavy atom. The van der Waals surface area contributed by atoms with E-state index in [1.165, 1.54) is 13.5 Å². The molecule has 0 aliphatic carbocycles. The Kier molecular flexibility index (Phi) is 6.12. The van der Waals surface area contributed by atoms with Crippen LogP contribution in [0.2, 0.25) is 0 Å². The molecular weight excluding hydrogens is 232 g/mol. The van der Waals surface area contributed by atoms with E-state index in [2.05, 4.69) is 22.0 Å². The highest BCUT2D eigenvalue weighted by atomic mass is 16.5. The van der Waals surface area contributed by atoms with Crippen LogP contribution in [-0.4, -0.2) is 50.6 Å². The number of carbonyl (C=O) groups excluding carboxylic acids is 2. The molecule has 0 aromatic heterocycles. The number of methoxy groups -OCH3 is 1. The maximum absolute atomic E-state index is 11.9. The van der Waals surface area contributed by atoms with Gasteiger partial charge >= 0.3 is 5.97 Å². The summed E-state index contributed by atoms with van der Waals surface area (Å²) in [4.78, 5) is 25.5. The van der Waals surface area contributed by atoms with Crippen molar-refractivity contribution in [2.45, 2.75) is 26.2 Å². The first-order valence-electron chi connectivity index (χ1n) is 6.62. The zero-order chi connectivity index (χ0) is 13.5. The van der Waals surface area contributed by atoms with Crippen molar-refractivity contribution >= 4 is 11.9 Å². The molecule has 104 valence electrons. The normalized spacial score (nSPS) is 22.3. The van der Waals surface area contributed by atoms with Gasteiger partial charge in [-0.2, -0.15) is 0 Å². The average Bonchev–Trinajstić information content (AvgIpc) is 2.37. The van der Waals surface area contributed by atoms with Gasteiger partial charge in [0, 0.05) is 13.1 Å². The van der Waals surface area contributed by atoms with Crippen LogP contribution in [0.3, 0.4) is 0 Å². The molecule has 0 saturated carbocycles. The quantitative estimate of drug-likeness (QED) is 0.579. The number of piperidine rings is 1. The molecule has 5 nitrogen and oxygen atoms in total. The first-order chi connectivity index (χ1) is 8.58. The molecule has 2 atom stereocenters. The van der Waals surface area contributed by atoms with Crippen LogP contribution in [0.5, 0.6) is 0 Å². The van der Waals surface area contributed by atoms with E-state index in [-0.39, 0.29) is 5.91 Å². The molecule has 5 heteroatoms. The first kappa shape index (κ1) is 15.0. The van der Waals surface area contributed by atoms with Crippen LogP contribution in [0, 0.1) is 11.8 Å². The van der Waals surface area contributed by atoms with Crippen LogP contribution < -0.4 is 5.32 Å². The molecule has 2 unspecified atom stereocenters. The van der Waals surface area contributed by atoms with E-state index in [0.717, 1.165) is 19.5 Å². The highest BCUT2D eigenvalue weighted by molar-refractivity contribution is 5.97. The molecule has 1 rings (SSSR count). The SMILES string of the molecule is CCC(C(=O)NCC1CCCN(C)C1)C(=O)OC. The third-order valence-electron chi connectivity index (χ3n) is 3.50. The molecule has 1 aliphatic heterocycles. The van der Waals surface area contributed by atoms with Gasteiger partial charge in [-0.25, -0.2) is 0 Å². The van der Waals surface area contributed by atoms with Crippen molar-refractivity contribution in [3.8, 4) is 0 Å². The molecule has 1 N–H and O–H groups in total. The van der Waals surface area contributed by atoms with E-state index in [9.17, 15) is 9.59 Å². The second kappa shape index (κ2) is 7.36. The van der Waals surface area contributed by atoms with Crippen molar-refractivity contribution in [2.75, 3.05) is 33.8 Å². The summed E-state index contributed by atoms with van der Waals surface area (Å²) < 4.78 is 4.63. The number of nitrogens with one attached hydrogen (secondary N) is 1. The summed E-state index contributed by atoms with van der Waals surface area (Å²) in [6, 6.07) is 0. The Bertz CT molecular complexity index is 294. The number of nitrogens with zero attached hydrogens (tertiary/aromatic N) is 1. The molecule has 0 spiro atoms. The fourth-order valence-electron chi connectivity index (χ4n) is 2.41. The third-order valence-corrected chi connectivity index (χ3v) is 3.50. The maximum Gasteiger partial charge on any atom is 0.318 e. The summed E-state index contributed by atoms with van der Waals surface area (Å²) in [6.07, 6.45) is 2.79. The maximum atomic E-state index is 11.9. The summed E-state index contributed by atoms with van der Waals surface area (Å²) >= 11 is 0. The van der Waals surface area contributed by atoms with Gasteiger partial charge in [0.1, 0.15) is 5.92 Å². The van der Waals surface area contributed by atoms with E-state index in [1.807, 2.05) is 6.92 Å². The van der Waals surface area contributed by atoms with E-state index in [1.54, 1.807) is 0 Å². The Hall–Kier alpha value is -1.10. The molecular formula is C13H24N2O3. The summed E-state index contributed by atoms with van der Waals surface area (Å²) in [5, 5.41) is 2.87. The van der Waals surface area contributed by atoms with Crippen molar-refractivity contribution in [2.24, 2.45) is 11.8 Å². The van der Waals surface area contributed by atoms with Gasteiger partial charge in [0.2, 0.25) is 5.91 Å². The van der Waals surface area contributed by atoms with E-state index >= 15 is 0 Å². The molecule has 0 aromatic carbocycles. The van der Waals surface area contributed by atoms with E-state index in [0.29, 0.717) is 18.9 Å². The molecule has 0 bridgehead atoms. The van der Waals surface area contributed by atoms with Gasteiger partial charge in [-0.15, -0.1) is 0 Å². The monoisotopic (exact) mass is 256 g/mol. The predicted molar refractivity (Wildman–Crippen MR) is 69.0 cm³/mol. The second-order valence-corrected chi connectivity index (χ2v) is 5.00. The fourth-order valence-corrected chi connectivity index (χ4v) is 2.41. The van der Waals surface area contributed by atoms with Crippen molar-refractivity contribution in [3.63, 3.8) is 0 Å². The number of rotatable bonds is 5. The van der Waals surface area contributed by atoms with Gasteiger partial charge in [-0.05, 0) is 38.8 Å². The number of hydrogen-bond donors (Lipinski definition) is 1. The predicted octanol–water partition coefficient (Wildman–Crippen LogP) is 0.644. The zero-order valence-electron chi connectivity index (χ0n) is 11.6. The van der Waals surface area contributed by atoms with Gasteiger partial charge in [-0.3, -0.25) is 9.59 Å². The number of amides is 1. The molecule has 18 heavy (non-hydrogen) atoms. The van der Waals surface area contributed by atoms with Gasteiger partial charge in [0.25, 0.3) is 0 Å². The van der Waals surface area contributed by atoms with Crippen LogP contribution >= 0.6 is 0 Å². The smallest absolute Gasteiger partial charge is 0.318 e. The lowest BCUT2D eigenvalue weighted by atomic mass is 9.98. The van der Waals surface area contributed by atoms with Crippen molar-refractivity contribution in [1.29, 1.82) is 0 Å². The largest absolute Gasteiger partial charge is 0.468 e. The number of esters is 1. The minimum absolute atomic E-state index is 0.211. The summed E-state index contributed by atoms with van der Waals surface area (Å²) in [7, 11) is 3.41. The van der Waals surface area contributed by atoms with Crippen LogP contribution in [0.25, 0.3) is 0 Å². The summed E-state index contributed by atoms with van der Waals surface area (Å²) in [6.45, 7) is 4.60. The van der Waals surface area contributed by atoms with Crippen LogP contribution in [0.4, 0.5) is 0 Å². The van der Waals surface area contributed by atoms with Gasteiger partial charge in [0.15, 0.2) is 0 Å². The van der Waals surface area contributed by atoms with Crippen LogP contribution in [-0.2, 0) is 14.3 Å². The Labute approximate surface area is 109 Å². The van der Waals surface area contributed by atoms with Gasteiger partial charge in [0.05, 0.1) is 7.11 Å². The minimum atomic E-state index is -0.670. The topological polar surface area (TPSA) is 58.6 Å². The first-order valence-corrected chi connectivity index (χ1v) is 6.62. The van der Waals surface area contributed by atoms with Gasteiger partial charge < -0.3 is 15.0 Å². The third kappa shape index (κ3) is 4.29. The standard InChI is InChI=1S/C13H24N2O3/c1-4-11(13(17)18-3)12(16)14-8-10-6-5-7-15(2)9-10/h10-11H,4-9H2,1-3H3,(H,14,16). The molecule has 1 aliphatic rings. The number of hydrogen-bond acceptors (Lipinski definition) is 4.